The third-order valence-electron chi connectivity index (χ3n) is 2.23. The van der Waals surface area contributed by atoms with E-state index >= 15 is 0 Å². The Bertz CT molecular complexity index is 454. The zero-order valence-electron chi connectivity index (χ0n) is 9.01. The predicted octanol–water partition coefficient (Wildman–Crippen LogP) is -0.779. The van der Waals surface area contributed by atoms with Gasteiger partial charge in [0.15, 0.2) is 0 Å². The Hall–Kier alpha value is -1.84. The van der Waals surface area contributed by atoms with Crippen LogP contribution in [0, 0.1) is 11.3 Å². The van der Waals surface area contributed by atoms with Gasteiger partial charge >= 0.3 is 7.12 Å². The number of carbonyl (C=O) groups excluding carboxylic acids is 1. The third kappa shape index (κ3) is 2.60. The highest BCUT2D eigenvalue weighted by atomic mass is 16.4. The molecule has 2 N–H and O–H groups in total. The van der Waals surface area contributed by atoms with Crippen LogP contribution >= 0.6 is 0 Å². The Morgan fingerprint density at radius 1 is 1.44 bits per heavy atom. The van der Waals surface area contributed by atoms with E-state index in [2.05, 4.69) is 0 Å². The molecule has 0 atom stereocenters. The summed E-state index contributed by atoms with van der Waals surface area (Å²) in [5, 5.41) is 26.8. The Morgan fingerprint density at radius 3 is 2.50 bits per heavy atom. The topological polar surface area (TPSA) is 84.6 Å². The largest absolute Gasteiger partial charge is 0.488 e. The van der Waals surface area contributed by atoms with E-state index in [0.29, 0.717) is 5.69 Å². The summed E-state index contributed by atoms with van der Waals surface area (Å²) in [7, 11) is -0.112. The van der Waals surface area contributed by atoms with Gasteiger partial charge in [0.25, 0.3) is 0 Å². The number of rotatable bonds is 2. The van der Waals surface area contributed by atoms with Gasteiger partial charge in [-0.25, -0.2) is 0 Å². The van der Waals surface area contributed by atoms with Crippen LogP contribution < -0.4 is 10.4 Å². The zero-order valence-corrected chi connectivity index (χ0v) is 9.01. The number of carbonyl (C=O) groups is 1. The van der Waals surface area contributed by atoms with Gasteiger partial charge in [0.1, 0.15) is 0 Å². The fourth-order valence-electron chi connectivity index (χ4n) is 1.22. The first-order valence-corrected chi connectivity index (χ1v) is 4.61. The molecule has 0 spiro atoms. The van der Waals surface area contributed by atoms with Gasteiger partial charge in [-0.2, -0.15) is 5.26 Å². The minimum Gasteiger partial charge on any atom is -0.423 e. The maximum absolute atomic E-state index is 11.1. The van der Waals surface area contributed by atoms with E-state index in [1.54, 1.807) is 7.05 Å². The van der Waals surface area contributed by atoms with E-state index in [0.717, 1.165) is 0 Å². The molecule has 0 aliphatic heterocycles. The first-order chi connectivity index (χ1) is 7.45. The molecule has 16 heavy (non-hydrogen) atoms. The van der Waals surface area contributed by atoms with Crippen molar-refractivity contribution in [3.63, 3.8) is 0 Å². The Kier molecular flexibility index (Phi) is 3.66. The minimum atomic E-state index is -1.66. The van der Waals surface area contributed by atoms with Crippen molar-refractivity contribution in [1.29, 1.82) is 5.26 Å². The van der Waals surface area contributed by atoms with Crippen LogP contribution in [0.2, 0.25) is 0 Å². The van der Waals surface area contributed by atoms with Crippen LogP contribution in [-0.2, 0) is 4.79 Å². The van der Waals surface area contributed by atoms with Crippen molar-refractivity contribution in [2.75, 3.05) is 11.9 Å². The molecule has 0 aliphatic carbocycles. The molecule has 0 unspecified atom stereocenters. The number of hydrogen-bond acceptors (Lipinski definition) is 4. The van der Waals surface area contributed by atoms with E-state index in [-0.39, 0.29) is 16.9 Å². The molecular formula is C10H11BN2O3. The van der Waals surface area contributed by atoms with Gasteiger partial charge < -0.3 is 14.9 Å². The van der Waals surface area contributed by atoms with Crippen LogP contribution in [0.15, 0.2) is 18.2 Å². The molecule has 0 heterocycles. The normalized spacial score (nSPS) is 9.44. The van der Waals surface area contributed by atoms with Crippen LogP contribution in [-0.4, -0.2) is 30.1 Å². The number of benzene rings is 1. The second-order valence-electron chi connectivity index (χ2n) is 3.38. The highest BCUT2D eigenvalue weighted by molar-refractivity contribution is 6.58. The summed E-state index contributed by atoms with van der Waals surface area (Å²) in [5.74, 6) is -0.200. The summed E-state index contributed by atoms with van der Waals surface area (Å²) in [4.78, 5) is 12.5. The molecule has 0 fully saturated rings. The van der Waals surface area contributed by atoms with Crippen molar-refractivity contribution in [3.05, 3.63) is 23.8 Å². The summed E-state index contributed by atoms with van der Waals surface area (Å²) >= 11 is 0. The minimum absolute atomic E-state index is 0.183. The van der Waals surface area contributed by atoms with Crippen molar-refractivity contribution >= 4 is 24.2 Å². The smallest absolute Gasteiger partial charge is 0.423 e. The highest BCUT2D eigenvalue weighted by Gasteiger charge is 2.15. The van der Waals surface area contributed by atoms with Gasteiger partial charge in [0.05, 0.1) is 11.6 Å². The van der Waals surface area contributed by atoms with Crippen LogP contribution in [0.5, 0.6) is 0 Å². The first kappa shape index (κ1) is 12.2. The average Bonchev–Trinajstić information content (AvgIpc) is 2.27. The third-order valence-corrected chi connectivity index (χ3v) is 2.23. The standard InChI is InChI=1S/C10H11BN2O3/c1-7(14)13(2)10-4-8(6-12)3-9(5-10)11(15)16/h3-5,15-16H,1-2H3. The van der Waals surface area contributed by atoms with E-state index in [1.165, 1.54) is 30.0 Å². The fourth-order valence-corrected chi connectivity index (χ4v) is 1.22. The van der Waals surface area contributed by atoms with Gasteiger partial charge in [-0.05, 0) is 23.7 Å². The van der Waals surface area contributed by atoms with Gasteiger partial charge in [0.2, 0.25) is 5.91 Å². The molecule has 0 saturated carbocycles. The van der Waals surface area contributed by atoms with Crippen molar-refractivity contribution < 1.29 is 14.8 Å². The second kappa shape index (κ2) is 4.79. The van der Waals surface area contributed by atoms with E-state index in [1.807, 2.05) is 6.07 Å². The summed E-state index contributed by atoms with van der Waals surface area (Å²) in [6, 6.07) is 6.22. The van der Waals surface area contributed by atoms with Gasteiger partial charge in [0, 0.05) is 19.7 Å². The molecule has 1 aromatic rings. The highest BCUT2D eigenvalue weighted by Crippen LogP contribution is 2.13. The fraction of sp³-hybridized carbons (Fsp3) is 0.200. The quantitative estimate of drug-likeness (QED) is 0.637. The molecule has 0 aliphatic rings. The molecule has 1 amide bonds. The lowest BCUT2D eigenvalue weighted by molar-refractivity contribution is -0.116. The van der Waals surface area contributed by atoms with E-state index < -0.39 is 7.12 Å². The predicted molar refractivity (Wildman–Crippen MR) is 60.1 cm³/mol. The van der Waals surface area contributed by atoms with Crippen molar-refractivity contribution in [1.82, 2.24) is 0 Å². The summed E-state index contributed by atoms with van der Waals surface area (Å²) in [6.45, 7) is 1.38. The van der Waals surface area contributed by atoms with Crippen molar-refractivity contribution in [2.45, 2.75) is 6.92 Å². The van der Waals surface area contributed by atoms with E-state index in [4.69, 9.17) is 15.3 Å². The lowest BCUT2D eigenvalue weighted by atomic mass is 9.79. The number of hydrogen-bond donors (Lipinski definition) is 2. The van der Waals surface area contributed by atoms with Crippen LogP contribution in [0.25, 0.3) is 0 Å². The summed E-state index contributed by atoms with van der Waals surface area (Å²) < 4.78 is 0. The summed E-state index contributed by atoms with van der Waals surface area (Å²) in [6.07, 6.45) is 0. The molecule has 1 rings (SSSR count). The van der Waals surface area contributed by atoms with E-state index in [9.17, 15) is 4.79 Å². The molecule has 82 valence electrons. The number of amides is 1. The molecule has 0 radical (unpaired) electrons. The van der Waals surface area contributed by atoms with Gasteiger partial charge in [-0.1, -0.05) is 0 Å². The number of nitrogens with zero attached hydrogens (tertiary/aromatic N) is 2. The molecule has 6 heteroatoms. The number of nitriles is 1. The Morgan fingerprint density at radius 2 is 2.06 bits per heavy atom. The zero-order chi connectivity index (χ0) is 12.3. The maximum Gasteiger partial charge on any atom is 0.488 e. The lowest BCUT2D eigenvalue weighted by Crippen LogP contribution is -2.32. The molecule has 1 aromatic carbocycles. The van der Waals surface area contributed by atoms with Crippen LogP contribution in [0.1, 0.15) is 12.5 Å². The van der Waals surface area contributed by atoms with Gasteiger partial charge in [-0.3, -0.25) is 4.79 Å². The van der Waals surface area contributed by atoms with Gasteiger partial charge in [-0.15, -0.1) is 0 Å². The Balaban J connectivity index is 3.25. The van der Waals surface area contributed by atoms with Crippen molar-refractivity contribution in [2.24, 2.45) is 0 Å². The van der Waals surface area contributed by atoms with Crippen molar-refractivity contribution in [3.8, 4) is 6.07 Å². The lowest BCUT2D eigenvalue weighted by Gasteiger charge is -2.16. The molecule has 0 aromatic heterocycles. The summed E-state index contributed by atoms with van der Waals surface area (Å²) in [5.41, 5.74) is 0.908. The molecular weight excluding hydrogens is 207 g/mol. The monoisotopic (exact) mass is 218 g/mol. The molecule has 5 nitrogen and oxygen atoms in total. The molecule has 0 saturated heterocycles. The average molecular weight is 218 g/mol. The second-order valence-corrected chi connectivity index (χ2v) is 3.38. The maximum atomic E-state index is 11.1. The number of anilines is 1. The van der Waals surface area contributed by atoms with Crippen LogP contribution in [0.4, 0.5) is 5.69 Å². The molecule has 0 bridgehead atoms. The Labute approximate surface area is 93.7 Å². The van der Waals surface area contributed by atoms with Crippen LogP contribution in [0.3, 0.4) is 0 Å². The first-order valence-electron chi connectivity index (χ1n) is 4.61. The SMILES string of the molecule is CC(=O)N(C)c1cc(C#N)cc(B(O)O)c1.